The number of amides is 1. The molecule has 0 radical (unpaired) electrons. The fourth-order valence-corrected chi connectivity index (χ4v) is 2.98. The van der Waals surface area contributed by atoms with E-state index in [1.807, 2.05) is 37.3 Å². The molecule has 1 unspecified atom stereocenters. The molecule has 0 spiro atoms. The summed E-state index contributed by atoms with van der Waals surface area (Å²) in [6, 6.07) is 10.8. The van der Waals surface area contributed by atoms with E-state index < -0.39 is 29.8 Å². The van der Waals surface area contributed by atoms with Crippen molar-refractivity contribution in [1.29, 1.82) is 0 Å². The molecule has 1 aromatic carbocycles. The summed E-state index contributed by atoms with van der Waals surface area (Å²) in [4.78, 5) is 22.2. The average Bonchev–Trinajstić information content (AvgIpc) is 3.17. The quantitative estimate of drug-likeness (QED) is 0.637. The predicted octanol–water partition coefficient (Wildman–Crippen LogP) is 4.57. The molecule has 140 valence electrons. The van der Waals surface area contributed by atoms with Crippen molar-refractivity contribution in [2.24, 2.45) is 0 Å². The second kappa shape index (κ2) is 8.07. The number of aromatic nitrogens is 2. The van der Waals surface area contributed by atoms with E-state index in [0.717, 1.165) is 23.1 Å². The Labute approximate surface area is 155 Å². The van der Waals surface area contributed by atoms with E-state index >= 15 is 0 Å². The fourth-order valence-electron chi connectivity index (χ4n) is 2.98. The molecule has 1 atom stereocenters. The highest BCUT2D eigenvalue weighted by atomic mass is 19.3. The zero-order valence-corrected chi connectivity index (χ0v) is 15.0. The number of rotatable bonds is 6. The number of halogens is 2. The topological polar surface area (TPSA) is 59.2 Å². The first-order valence-corrected chi connectivity index (χ1v) is 8.52. The number of hydrogen-bond donors (Lipinski definition) is 0. The van der Waals surface area contributed by atoms with Crippen molar-refractivity contribution in [2.75, 3.05) is 6.54 Å². The molecule has 0 saturated heterocycles. The number of alkyl halides is 2. The van der Waals surface area contributed by atoms with Gasteiger partial charge in [0, 0.05) is 18.9 Å². The van der Waals surface area contributed by atoms with Crippen molar-refractivity contribution < 1.29 is 18.0 Å². The van der Waals surface area contributed by atoms with Gasteiger partial charge in [0.15, 0.2) is 12.1 Å². The van der Waals surface area contributed by atoms with Crippen LogP contribution in [0, 0.1) is 6.92 Å². The second-order valence-electron chi connectivity index (χ2n) is 6.06. The van der Waals surface area contributed by atoms with E-state index in [1.165, 1.54) is 4.90 Å². The van der Waals surface area contributed by atoms with Gasteiger partial charge in [-0.25, -0.2) is 13.8 Å². The number of oxazole rings is 1. The molecule has 5 nitrogen and oxygen atoms in total. The van der Waals surface area contributed by atoms with Crippen LogP contribution in [-0.4, -0.2) is 27.3 Å². The molecule has 0 bridgehead atoms. The highest BCUT2D eigenvalue weighted by Gasteiger charge is 2.32. The van der Waals surface area contributed by atoms with Crippen molar-refractivity contribution in [1.82, 2.24) is 14.9 Å². The van der Waals surface area contributed by atoms with Gasteiger partial charge in [-0.15, -0.1) is 0 Å². The first kappa shape index (κ1) is 18.7. The number of carbonyl (C=O) groups is 1. The summed E-state index contributed by atoms with van der Waals surface area (Å²) in [5.41, 5.74) is 2.05. The number of benzene rings is 1. The summed E-state index contributed by atoms with van der Waals surface area (Å²) in [5.74, 6) is -1.08. The van der Waals surface area contributed by atoms with E-state index in [4.69, 9.17) is 4.42 Å². The lowest BCUT2D eigenvalue weighted by molar-refractivity contribution is 0.0668. The maximum atomic E-state index is 13.2. The van der Waals surface area contributed by atoms with E-state index in [2.05, 4.69) is 9.97 Å². The Morgan fingerprint density at radius 1 is 1.19 bits per heavy atom. The number of nitrogens with zero attached hydrogens (tertiary/aromatic N) is 3. The Kier molecular flexibility index (Phi) is 5.59. The van der Waals surface area contributed by atoms with Crippen LogP contribution in [0.3, 0.4) is 0 Å². The molecule has 2 aromatic heterocycles. The van der Waals surface area contributed by atoms with Crippen LogP contribution in [0.15, 0.2) is 59.6 Å². The first-order valence-electron chi connectivity index (χ1n) is 8.52. The van der Waals surface area contributed by atoms with Gasteiger partial charge in [0.05, 0.1) is 6.04 Å². The van der Waals surface area contributed by atoms with Crippen LogP contribution in [0.2, 0.25) is 0 Å². The van der Waals surface area contributed by atoms with Crippen molar-refractivity contribution >= 4 is 5.91 Å². The van der Waals surface area contributed by atoms with Gasteiger partial charge in [-0.1, -0.05) is 35.9 Å². The zero-order valence-electron chi connectivity index (χ0n) is 15.0. The van der Waals surface area contributed by atoms with E-state index in [0.29, 0.717) is 0 Å². The highest BCUT2D eigenvalue weighted by Crippen LogP contribution is 2.31. The third-order valence-electron chi connectivity index (χ3n) is 4.30. The molecule has 0 aliphatic heterocycles. The minimum absolute atomic E-state index is 0.287. The maximum Gasteiger partial charge on any atom is 0.292 e. The molecule has 3 aromatic rings. The molecule has 0 aliphatic carbocycles. The lowest BCUT2D eigenvalue weighted by Crippen LogP contribution is -2.36. The van der Waals surface area contributed by atoms with Crippen LogP contribution in [0.5, 0.6) is 0 Å². The van der Waals surface area contributed by atoms with Crippen LogP contribution >= 0.6 is 0 Å². The van der Waals surface area contributed by atoms with Gasteiger partial charge in [0.25, 0.3) is 12.3 Å². The number of hydrogen-bond acceptors (Lipinski definition) is 4. The second-order valence-corrected chi connectivity index (χ2v) is 6.06. The maximum absolute atomic E-state index is 13.2. The van der Waals surface area contributed by atoms with E-state index in [-0.39, 0.29) is 6.54 Å². The van der Waals surface area contributed by atoms with Crippen molar-refractivity contribution in [3.63, 3.8) is 0 Å². The van der Waals surface area contributed by atoms with Gasteiger partial charge >= 0.3 is 0 Å². The first-order chi connectivity index (χ1) is 13.0. The Hall–Kier alpha value is -3.09. The molecular formula is C20H19F2N3O2. The van der Waals surface area contributed by atoms with Gasteiger partial charge in [-0.2, -0.15) is 0 Å². The van der Waals surface area contributed by atoms with E-state index in [9.17, 15) is 13.6 Å². The van der Waals surface area contributed by atoms with Crippen molar-refractivity contribution in [3.8, 4) is 0 Å². The summed E-state index contributed by atoms with van der Waals surface area (Å²) in [7, 11) is 0. The summed E-state index contributed by atoms with van der Waals surface area (Å²) in [6.45, 7) is 4.04. The Morgan fingerprint density at radius 2 is 1.93 bits per heavy atom. The van der Waals surface area contributed by atoms with Crippen LogP contribution in [0.1, 0.15) is 52.3 Å². The monoisotopic (exact) mass is 371 g/mol. The standard InChI is InChI=1S/C20H19F2N3O2/c1-3-25(20(26)18-16(19(21)22)24-12-27-18)17(15-5-4-10-23-11-15)14-8-6-13(2)7-9-14/h4-12,17,19H,3H2,1-2H3. The molecule has 1 amide bonds. The molecule has 0 aliphatic rings. The van der Waals surface area contributed by atoms with Gasteiger partial charge < -0.3 is 9.32 Å². The number of carbonyl (C=O) groups excluding carboxylic acids is 1. The average molecular weight is 371 g/mol. The SMILES string of the molecule is CCN(C(=O)c1ocnc1C(F)F)C(c1ccc(C)cc1)c1cccnc1. The van der Waals surface area contributed by atoms with Crippen LogP contribution < -0.4 is 0 Å². The Morgan fingerprint density at radius 3 is 2.52 bits per heavy atom. The van der Waals surface area contributed by atoms with Crippen LogP contribution in [-0.2, 0) is 0 Å². The largest absolute Gasteiger partial charge is 0.438 e. The van der Waals surface area contributed by atoms with Crippen LogP contribution in [0.4, 0.5) is 8.78 Å². The fraction of sp³-hybridized carbons (Fsp3) is 0.250. The van der Waals surface area contributed by atoms with Gasteiger partial charge in [0.2, 0.25) is 5.76 Å². The normalized spacial score (nSPS) is 12.2. The molecule has 0 saturated carbocycles. The van der Waals surface area contributed by atoms with Gasteiger partial charge in [-0.05, 0) is 31.0 Å². The summed E-state index contributed by atoms with van der Waals surface area (Å²) < 4.78 is 31.4. The Balaban J connectivity index is 2.07. The third kappa shape index (κ3) is 3.86. The molecule has 3 rings (SSSR count). The lowest BCUT2D eigenvalue weighted by Gasteiger charge is -2.31. The molecule has 0 N–H and O–H groups in total. The summed E-state index contributed by atoms with van der Waals surface area (Å²) in [5, 5.41) is 0. The minimum atomic E-state index is -2.89. The molecule has 27 heavy (non-hydrogen) atoms. The smallest absolute Gasteiger partial charge is 0.292 e. The van der Waals surface area contributed by atoms with E-state index in [1.54, 1.807) is 25.4 Å². The predicted molar refractivity (Wildman–Crippen MR) is 95.4 cm³/mol. The van der Waals surface area contributed by atoms with Crippen molar-refractivity contribution in [2.45, 2.75) is 26.3 Å². The molecule has 7 heteroatoms. The van der Waals surface area contributed by atoms with Crippen LogP contribution in [0.25, 0.3) is 0 Å². The third-order valence-corrected chi connectivity index (χ3v) is 4.30. The van der Waals surface area contributed by atoms with Gasteiger partial charge in [-0.3, -0.25) is 9.78 Å². The molecule has 2 heterocycles. The number of pyridine rings is 1. The molecule has 0 fully saturated rings. The Bertz CT molecular complexity index is 895. The minimum Gasteiger partial charge on any atom is -0.438 e. The lowest BCUT2D eigenvalue weighted by atomic mass is 9.97. The van der Waals surface area contributed by atoms with Gasteiger partial charge in [0.1, 0.15) is 0 Å². The summed E-state index contributed by atoms with van der Waals surface area (Å²) >= 11 is 0. The zero-order chi connectivity index (χ0) is 19.4. The highest BCUT2D eigenvalue weighted by molar-refractivity contribution is 5.93. The van der Waals surface area contributed by atoms with Crippen molar-refractivity contribution in [3.05, 3.63) is 83.3 Å². The molecular weight excluding hydrogens is 352 g/mol. The summed E-state index contributed by atoms with van der Waals surface area (Å²) in [6.07, 6.45) is 1.28. The number of aryl methyl sites for hydroxylation is 1.